The summed E-state index contributed by atoms with van der Waals surface area (Å²) in [6.07, 6.45) is 5.90. The lowest BCUT2D eigenvalue weighted by atomic mass is 9.85. The largest absolute Gasteiger partial charge is 0.481 e. The van der Waals surface area contributed by atoms with E-state index in [4.69, 9.17) is 0 Å². The van der Waals surface area contributed by atoms with E-state index in [-0.39, 0.29) is 11.8 Å². The van der Waals surface area contributed by atoms with Crippen LogP contribution in [0.5, 0.6) is 0 Å². The summed E-state index contributed by atoms with van der Waals surface area (Å²) in [5.41, 5.74) is 0. The number of carbonyl (C=O) groups is 2. The van der Waals surface area contributed by atoms with E-state index in [0.29, 0.717) is 24.3 Å². The van der Waals surface area contributed by atoms with Crippen LogP contribution in [0.4, 0.5) is 0 Å². The van der Waals surface area contributed by atoms with E-state index in [1.54, 1.807) is 0 Å². The number of hydrogen-bond donors (Lipinski definition) is 1. The second-order valence-electron chi connectivity index (χ2n) is 7.00. The average Bonchev–Trinajstić information content (AvgIpc) is 2.79. The number of carboxylic acid groups (broad SMARTS) is 1. The number of nitrogens with zero attached hydrogens (tertiary/aromatic N) is 1. The van der Waals surface area contributed by atoms with Gasteiger partial charge in [-0.25, -0.2) is 0 Å². The van der Waals surface area contributed by atoms with Gasteiger partial charge in [0.25, 0.3) is 0 Å². The Bertz CT molecular complexity index is 382. The third-order valence-electron chi connectivity index (χ3n) is 5.24. The van der Waals surface area contributed by atoms with Crippen LogP contribution in [0.25, 0.3) is 0 Å². The highest BCUT2D eigenvalue weighted by Crippen LogP contribution is 2.38. The van der Waals surface area contributed by atoms with Crippen molar-refractivity contribution in [3.8, 4) is 0 Å². The molecule has 0 aromatic carbocycles. The highest BCUT2D eigenvalue weighted by molar-refractivity contribution is 5.85. The average molecular weight is 281 g/mol. The van der Waals surface area contributed by atoms with Crippen molar-refractivity contribution in [1.82, 2.24) is 4.90 Å². The Kier molecular flexibility index (Phi) is 4.71. The lowest BCUT2D eigenvalue weighted by Crippen LogP contribution is -2.44. The summed E-state index contributed by atoms with van der Waals surface area (Å²) in [5, 5.41) is 9.31. The molecule has 0 aliphatic heterocycles. The van der Waals surface area contributed by atoms with Gasteiger partial charge in [0.15, 0.2) is 0 Å². The minimum Gasteiger partial charge on any atom is -0.481 e. The number of aliphatic carboxylic acids is 1. The molecule has 5 atom stereocenters. The highest BCUT2D eigenvalue weighted by Gasteiger charge is 2.43. The smallest absolute Gasteiger partial charge is 0.307 e. The van der Waals surface area contributed by atoms with Crippen LogP contribution in [0.3, 0.4) is 0 Å². The molecule has 0 heterocycles. The molecule has 1 N–H and O–H groups in total. The van der Waals surface area contributed by atoms with Crippen LogP contribution in [0.1, 0.15) is 52.4 Å². The zero-order chi connectivity index (χ0) is 14.9. The van der Waals surface area contributed by atoms with Crippen LogP contribution in [-0.2, 0) is 9.59 Å². The molecule has 20 heavy (non-hydrogen) atoms. The van der Waals surface area contributed by atoms with Crippen LogP contribution in [0.2, 0.25) is 0 Å². The standard InChI is InChI=1S/C16H27NO3/c1-10-5-4-6-12(7-10)17(3)15(18)13-8-11(2)9-14(13)16(19)20/h10-14H,4-9H2,1-3H3,(H,19,20). The lowest BCUT2D eigenvalue weighted by molar-refractivity contribution is -0.149. The summed E-state index contributed by atoms with van der Waals surface area (Å²) in [6.45, 7) is 4.29. The van der Waals surface area contributed by atoms with E-state index in [2.05, 4.69) is 6.92 Å². The maximum atomic E-state index is 12.7. The number of carboxylic acids is 1. The molecule has 0 bridgehead atoms. The first-order valence-corrected chi connectivity index (χ1v) is 7.89. The molecule has 1 amide bonds. The zero-order valence-electron chi connectivity index (χ0n) is 12.8. The van der Waals surface area contributed by atoms with Crippen molar-refractivity contribution in [2.24, 2.45) is 23.7 Å². The van der Waals surface area contributed by atoms with Crippen LogP contribution in [0, 0.1) is 23.7 Å². The molecule has 114 valence electrons. The van der Waals surface area contributed by atoms with Gasteiger partial charge < -0.3 is 10.0 Å². The maximum Gasteiger partial charge on any atom is 0.307 e. The lowest BCUT2D eigenvalue weighted by Gasteiger charge is -2.36. The van der Waals surface area contributed by atoms with Crippen LogP contribution >= 0.6 is 0 Å². The van der Waals surface area contributed by atoms with E-state index >= 15 is 0 Å². The molecule has 2 saturated carbocycles. The summed E-state index contributed by atoms with van der Waals surface area (Å²) < 4.78 is 0. The summed E-state index contributed by atoms with van der Waals surface area (Å²) in [7, 11) is 1.87. The van der Waals surface area contributed by atoms with Crippen molar-refractivity contribution in [3.63, 3.8) is 0 Å². The minimum atomic E-state index is -0.807. The Balaban J connectivity index is 2.03. The first-order chi connectivity index (χ1) is 9.40. The van der Waals surface area contributed by atoms with Gasteiger partial charge in [0.05, 0.1) is 11.8 Å². The molecule has 2 rings (SSSR count). The SMILES string of the molecule is CC1CC(C(=O)O)C(C(=O)N(C)C2CCCC(C)C2)C1. The number of rotatable bonds is 3. The van der Waals surface area contributed by atoms with Crippen molar-refractivity contribution in [1.29, 1.82) is 0 Å². The quantitative estimate of drug-likeness (QED) is 0.865. The molecule has 4 heteroatoms. The maximum absolute atomic E-state index is 12.7. The van der Waals surface area contributed by atoms with Crippen molar-refractivity contribution in [3.05, 3.63) is 0 Å². The summed E-state index contributed by atoms with van der Waals surface area (Å²) >= 11 is 0. The molecular formula is C16H27NO3. The van der Waals surface area contributed by atoms with Gasteiger partial charge in [0.1, 0.15) is 0 Å². The minimum absolute atomic E-state index is 0.0563. The zero-order valence-corrected chi connectivity index (χ0v) is 12.8. The second-order valence-corrected chi connectivity index (χ2v) is 7.00. The topological polar surface area (TPSA) is 57.6 Å². The number of hydrogen-bond acceptors (Lipinski definition) is 2. The number of amides is 1. The molecule has 5 unspecified atom stereocenters. The molecule has 0 aromatic rings. The molecular weight excluding hydrogens is 254 g/mol. The molecule has 0 saturated heterocycles. The Labute approximate surface area is 121 Å². The second kappa shape index (κ2) is 6.15. The van der Waals surface area contributed by atoms with Crippen molar-refractivity contribution < 1.29 is 14.7 Å². The Morgan fingerprint density at radius 2 is 1.65 bits per heavy atom. The van der Waals surface area contributed by atoms with E-state index in [1.165, 1.54) is 12.8 Å². The summed E-state index contributed by atoms with van der Waals surface area (Å²) in [5.74, 6) is -0.546. The Morgan fingerprint density at radius 3 is 2.25 bits per heavy atom. The summed E-state index contributed by atoms with van der Waals surface area (Å²) in [4.78, 5) is 25.9. The third kappa shape index (κ3) is 3.15. The van der Waals surface area contributed by atoms with Crippen molar-refractivity contribution in [2.75, 3.05) is 7.05 Å². The van der Waals surface area contributed by atoms with Gasteiger partial charge in [-0.15, -0.1) is 0 Å². The van der Waals surface area contributed by atoms with Gasteiger partial charge >= 0.3 is 5.97 Å². The van der Waals surface area contributed by atoms with Gasteiger partial charge in [-0.05, 0) is 37.5 Å². The molecule has 0 spiro atoms. The van der Waals surface area contributed by atoms with Gasteiger partial charge in [-0.2, -0.15) is 0 Å². The fraction of sp³-hybridized carbons (Fsp3) is 0.875. The van der Waals surface area contributed by atoms with Crippen LogP contribution in [0.15, 0.2) is 0 Å². The molecule has 2 aliphatic carbocycles. The van der Waals surface area contributed by atoms with Gasteiger partial charge in [-0.3, -0.25) is 9.59 Å². The van der Waals surface area contributed by atoms with Gasteiger partial charge in [-0.1, -0.05) is 26.7 Å². The van der Waals surface area contributed by atoms with Crippen molar-refractivity contribution in [2.45, 2.75) is 58.4 Å². The van der Waals surface area contributed by atoms with E-state index < -0.39 is 11.9 Å². The molecule has 0 aromatic heterocycles. The normalized spacial score (nSPS) is 37.6. The number of carbonyl (C=O) groups excluding carboxylic acids is 1. The van der Waals surface area contributed by atoms with E-state index in [1.807, 2.05) is 18.9 Å². The molecule has 2 fully saturated rings. The van der Waals surface area contributed by atoms with Crippen LogP contribution in [-0.4, -0.2) is 35.0 Å². The first kappa shape index (κ1) is 15.3. The molecule has 0 radical (unpaired) electrons. The van der Waals surface area contributed by atoms with E-state index in [0.717, 1.165) is 19.3 Å². The van der Waals surface area contributed by atoms with Gasteiger partial charge in [0.2, 0.25) is 5.91 Å². The summed E-state index contributed by atoms with van der Waals surface area (Å²) in [6, 6.07) is 0.302. The fourth-order valence-electron chi connectivity index (χ4n) is 4.03. The van der Waals surface area contributed by atoms with Crippen molar-refractivity contribution >= 4 is 11.9 Å². The first-order valence-electron chi connectivity index (χ1n) is 7.89. The van der Waals surface area contributed by atoms with Gasteiger partial charge in [0, 0.05) is 13.1 Å². The van der Waals surface area contributed by atoms with E-state index in [9.17, 15) is 14.7 Å². The predicted octanol–water partition coefficient (Wildman–Crippen LogP) is 2.77. The Morgan fingerprint density at radius 1 is 1.00 bits per heavy atom. The highest BCUT2D eigenvalue weighted by atomic mass is 16.4. The predicted molar refractivity (Wildman–Crippen MR) is 77.2 cm³/mol. The third-order valence-corrected chi connectivity index (χ3v) is 5.24. The monoisotopic (exact) mass is 281 g/mol. The van der Waals surface area contributed by atoms with Crippen LogP contribution < -0.4 is 0 Å². The molecule has 4 nitrogen and oxygen atoms in total. The Hall–Kier alpha value is -1.06. The fourth-order valence-corrected chi connectivity index (χ4v) is 4.03. The molecule has 2 aliphatic rings.